The fraction of sp³-hybridized carbons (Fsp3) is 0.385. The van der Waals surface area contributed by atoms with Gasteiger partial charge in [0.1, 0.15) is 11.4 Å². The third-order valence-corrected chi connectivity index (χ3v) is 7.68. The summed E-state index contributed by atoms with van der Waals surface area (Å²) in [4.78, 5) is 15.0. The lowest BCUT2D eigenvalue weighted by molar-refractivity contribution is 0.0686. The molecular weight excluding hydrogens is 484 g/mol. The minimum atomic E-state index is -0.972. The van der Waals surface area contributed by atoms with Crippen LogP contribution in [0, 0.1) is 5.92 Å². The molecule has 186 valence electrons. The molecule has 1 aliphatic rings. The maximum absolute atomic E-state index is 11.5. The molecule has 1 fully saturated rings. The first-order valence-corrected chi connectivity index (χ1v) is 13.0. The van der Waals surface area contributed by atoms with Crippen LogP contribution in [0.3, 0.4) is 0 Å². The zero-order valence-corrected chi connectivity index (χ0v) is 21.6. The first kappa shape index (κ1) is 25.4. The molecule has 0 saturated carbocycles. The number of benzene rings is 1. The fourth-order valence-corrected chi connectivity index (χ4v) is 5.37. The predicted octanol–water partition coefficient (Wildman–Crippen LogP) is 5.82. The van der Waals surface area contributed by atoms with Gasteiger partial charge in [0.25, 0.3) is 0 Å². The van der Waals surface area contributed by atoms with E-state index in [1.807, 2.05) is 36.4 Å². The van der Waals surface area contributed by atoms with Crippen molar-refractivity contribution in [1.82, 2.24) is 14.6 Å². The number of likely N-dealkylation sites (tertiary alicyclic amines) is 1. The molecule has 1 aliphatic heterocycles. The van der Waals surface area contributed by atoms with E-state index in [1.54, 1.807) is 16.7 Å². The fourth-order valence-electron chi connectivity index (χ4n) is 4.37. The molecular formula is C26H31ClN4O3S. The van der Waals surface area contributed by atoms with Gasteiger partial charge >= 0.3 is 5.97 Å². The van der Waals surface area contributed by atoms with Crippen molar-refractivity contribution in [1.29, 1.82) is 0 Å². The van der Waals surface area contributed by atoms with Crippen molar-refractivity contribution < 1.29 is 14.4 Å². The van der Waals surface area contributed by atoms with Gasteiger partial charge in [-0.2, -0.15) is 0 Å². The summed E-state index contributed by atoms with van der Waals surface area (Å²) in [6, 6.07) is 15.4. The van der Waals surface area contributed by atoms with Gasteiger partial charge < -0.3 is 24.8 Å². The molecule has 0 aliphatic carbocycles. The Hall–Kier alpha value is -2.65. The molecule has 0 atom stereocenters. The minimum Gasteiger partial charge on any atom is -0.477 e. The van der Waals surface area contributed by atoms with Gasteiger partial charge in [0.15, 0.2) is 5.76 Å². The molecule has 0 bridgehead atoms. The summed E-state index contributed by atoms with van der Waals surface area (Å²) in [7, 11) is 0. The molecule has 1 aromatic carbocycles. The van der Waals surface area contributed by atoms with Gasteiger partial charge in [-0.1, -0.05) is 35.0 Å². The molecule has 3 N–H and O–H groups in total. The Morgan fingerprint density at radius 1 is 1.23 bits per heavy atom. The molecule has 4 heterocycles. The lowest BCUT2D eigenvalue weighted by Gasteiger charge is -2.34. The van der Waals surface area contributed by atoms with Gasteiger partial charge in [-0.05, 0) is 76.5 Å². The Morgan fingerprint density at radius 2 is 1.97 bits per heavy atom. The molecule has 0 unspecified atom stereocenters. The van der Waals surface area contributed by atoms with Crippen molar-refractivity contribution in [2.24, 2.45) is 11.7 Å². The zero-order valence-electron chi connectivity index (χ0n) is 20.0. The number of halogens is 1. The molecule has 35 heavy (non-hydrogen) atoms. The Bertz CT molecular complexity index is 1270. The van der Waals surface area contributed by atoms with Crippen LogP contribution >= 0.6 is 22.9 Å². The largest absolute Gasteiger partial charge is 0.477 e. The van der Waals surface area contributed by atoms with Gasteiger partial charge in [0.05, 0.1) is 15.8 Å². The smallest absolute Gasteiger partial charge is 0.352 e. The minimum absolute atomic E-state index is 0.222. The van der Waals surface area contributed by atoms with Crippen LogP contribution < -0.4 is 5.73 Å². The molecule has 3 aromatic heterocycles. The van der Waals surface area contributed by atoms with Crippen molar-refractivity contribution in [3.05, 3.63) is 64.3 Å². The van der Waals surface area contributed by atoms with Crippen molar-refractivity contribution in [3.63, 3.8) is 0 Å². The van der Waals surface area contributed by atoms with Crippen LogP contribution in [-0.4, -0.2) is 51.4 Å². The second kappa shape index (κ2) is 11.4. The lowest BCUT2D eigenvalue weighted by atomic mass is 9.96. The number of carboxylic acids is 1. The summed E-state index contributed by atoms with van der Waals surface area (Å²) in [6.45, 7) is 8.23. The normalized spacial score (nSPS) is 14.9. The number of thiophene rings is 1. The average molecular weight is 515 g/mol. The van der Waals surface area contributed by atoms with E-state index in [0.717, 1.165) is 28.2 Å². The summed E-state index contributed by atoms with van der Waals surface area (Å²) >= 11 is 7.34. The number of nitrogens with zero attached hydrogens (tertiary/aromatic N) is 3. The molecule has 1 saturated heterocycles. The highest BCUT2D eigenvalue weighted by Crippen LogP contribution is 2.32. The standard InChI is InChI=1S/C17H11ClN2O3S.C9H20N2/c18-16-6-5-15(24-16)14-8-11(19-23-14)9-20-12-4-2-1-3-10(12)7-13(20)17(21)22;1-8(2)11-5-3-9(7-10)4-6-11/h1-8H,9H2,(H,21,22);8-9H,3-7,10H2,1-2H3. The van der Waals surface area contributed by atoms with E-state index < -0.39 is 5.97 Å². The van der Waals surface area contributed by atoms with Gasteiger partial charge in [-0.25, -0.2) is 4.79 Å². The number of rotatable bonds is 6. The third kappa shape index (κ3) is 6.13. The number of aromatic nitrogens is 2. The van der Waals surface area contributed by atoms with E-state index in [4.69, 9.17) is 21.9 Å². The molecule has 7 nitrogen and oxygen atoms in total. The van der Waals surface area contributed by atoms with Crippen molar-refractivity contribution >= 4 is 39.8 Å². The maximum Gasteiger partial charge on any atom is 0.352 e. The lowest BCUT2D eigenvalue weighted by Crippen LogP contribution is -2.40. The van der Waals surface area contributed by atoms with Gasteiger partial charge in [0.2, 0.25) is 0 Å². The Balaban J connectivity index is 0.000000221. The van der Waals surface area contributed by atoms with Crippen LogP contribution in [0.2, 0.25) is 4.34 Å². The van der Waals surface area contributed by atoms with Gasteiger partial charge in [-0.15, -0.1) is 11.3 Å². The molecule has 0 amide bonds. The van der Waals surface area contributed by atoms with Crippen LogP contribution in [-0.2, 0) is 6.54 Å². The van der Waals surface area contributed by atoms with E-state index in [9.17, 15) is 9.90 Å². The van der Waals surface area contributed by atoms with Crippen molar-refractivity contribution in [2.45, 2.75) is 39.3 Å². The molecule has 5 rings (SSSR count). The number of para-hydroxylation sites is 1. The van der Waals surface area contributed by atoms with Crippen LogP contribution in [0.4, 0.5) is 0 Å². The van der Waals surface area contributed by atoms with Crippen LogP contribution in [0.15, 0.2) is 53.1 Å². The number of fused-ring (bicyclic) bond motifs is 1. The summed E-state index contributed by atoms with van der Waals surface area (Å²) < 4.78 is 7.76. The molecule has 4 aromatic rings. The third-order valence-electron chi connectivity index (χ3n) is 6.44. The topological polar surface area (TPSA) is 97.5 Å². The monoisotopic (exact) mass is 514 g/mol. The number of hydrogen-bond donors (Lipinski definition) is 2. The maximum atomic E-state index is 11.5. The first-order chi connectivity index (χ1) is 16.9. The van der Waals surface area contributed by atoms with Gasteiger partial charge in [-0.3, -0.25) is 0 Å². The number of nitrogens with two attached hydrogens (primary N) is 1. The second-order valence-corrected chi connectivity index (χ2v) is 10.8. The first-order valence-electron chi connectivity index (χ1n) is 11.8. The number of hydrogen-bond acceptors (Lipinski definition) is 6. The summed E-state index contributed by atoms with van der Waals surface area (Å²) in [5.41, 5.74) is 7.33. The van der Waals surface area contributed by atoms with Crippen molar-refractivity contribution in [3.8, 4) is 10.6 Å². The van der Waals surface area contributed by atoms with Crippen molar-refractivity contribution in [2.75, 3.05) is 19.6 Å². The number of aromatic carboxylic acids is 1. The summed E-state index contributed by atoms with van der Waals surface area (Å²) in [6.07, 6.45) is 2.60. The van der Waals surface area contributed by atoms with E-state index in [-0.39, 0.29) is 5.69 Å². The van der Waals surface area contributed by atoms with E-state index in [2.05, 4.69) is 23.9 Å². The average Bonchev–Trinajstić information content (AvgIpc) is 3.59. The Labute approximate surface area is 214 Å². The number of piperidine rings is 1. The van der Waals surface area contributed by atoms with Crippen LogP contribution in [0.5, 0.6) is 0 Å². The summed E-state index contributed by atoms with van der Waals surface area (Å²) in [5.74, 6) is 0.445. The Morgan fingerprint density at radius 3 is 2.60 bits per heavy atom. The van der Waals surface area contributed by atoms with Gasteiger partial charge in [0, 0.05) is 23.0 Å². The second-order valence-electron chi connectivity index (χ2n) is 9.07. The van der Waals surface area contributed by atoms with E-state index in [0.29, 0.717) is 28.4 Å². The highest BCUT2D eigenvalue weighted by Gasteiger charge is 2.19. The molecule has 9 heteroatoms. The number of carboxylic acid groups (broad SMARTS) is 1. The zero-order chi connectivity index (χ0) is 24.9. The Kier molecular flexibility index (Phi) is 8.28. The highest BCUT2D eigenvalue weighted by atomic mass is 35.5. The quantitative estimate of drug-likeness (QED) is 0.336. The SMILES string of the molecule is CC(C)N1CCC(CN)CC1.O=C(O)c1cc2ccccc2n1Cc1cc(-c2ccc(Cl)s2)on1. The molecule has 0 spiro atoms. The van der Waals surface area contributed by atoms with E-state index in [1.165, 1.54) is 37.3 Å². The van der Waals surface area contributed by atoms with E-state index >= 15 is 0 Å². The summed E-state index contributed by atoms with van der Waals surface area (Å²) in [5, 5.41) is 14.4. The molecule has 0 radical (unpaired) electrons. The van der Waals surface area contributed by atoms with Crippen LogP contribution in [0.1, 0.15) is 42.9 Å². The predicted molar refractivity (Wildman–Crippen MR) is 141 cm³/mol. The number of carbonyl (C=O) groups is 1. The highest BCUT2D eigenvalue weighted by molar-refractivity contribution is 7.19. The van der Waals surface area contributed by atoms with Crippen LogP contribution in [0.25, 0.3) is 21.5 Å².